The predicted molar refractivity (Wildman–Crippen MR) is 85.0 cm³/mol. The standard InChI is InChI=1S/C16H15N3O5/c1-2-23-16(22)11-5-3-10(4-6-11)13-8-7-12(24-13)9-18-19-15(21)14(17)20/h3-9H,2H2,1H3,(H2,17,20)(H,19,21)/b18-9-. The lowest BCUT2D eigenvalue weighted by Crippen LogP contribution is -2.32. The molecule has 2 aromatic rings. The van der Waals surface area contributed by atoms with Gasteiger partial charge in [0.05, 0.1) is 18.4 Å². The number of ether oxygens (including phenoxy) is 1. The number of nitrogens with zero attached hydrogens (tertiary/aromatic N) is 1. The van der Waals surface area contributed by atoms with Crippen LogP contribution in [0.4, 0.5) is 0 Å². The van der Waals surface area contributed by atoms with Crippen molar-refractivity contribution >= 4 is 24.0 Å². The Hall–Kier alpha value is -3.42. The van der Waals surface area contributed by atoms with Crippen molar-refractivity contribution in [2.24, 2.45) is 10.8 Å². The highest BCUT2D eigenvalue weighted by molar-refractivity contribution is 6.34. The van der Waals surface area contributed by atoms with E-state index in [0.29, 0.717) is 23.7 Å². The fourth-order valence-corrected chi connectivity index (χ4v) is 1.77. The first kappa shape index (κ1) is 16.9. The van der Waals surface area contributed by atoms with Gasteiger partial charge in [-0.2, -0.15) is 5.10 Å². The number of nitrogens with one attached hydrogen (secondary N) is 1. The SMILES string of the molecule is CCOC(=O)c1ccc(-c2ccc(/C=N\NC(=O)C(N)=O)o2)cc1. The summed E-state index contributed by atoms with van der Waals surface area (Å²) in [5.41, 5.74) is 7.92. The molecular weight excluding hydrogens is 314 g/mol. The van der Waals surface area contributed by atoms with E-state index in [9.17, 15) is 14.4 Å². The van der Waals surface area contributed by atoms with Crippen molar-refractivity contribution in [1.82, 2.24) is 5.43 Å². The molecule has 3 N–H and O–H groups in total. The van der Waals surface area contributed by atoms with E-state index in [1.54, 1.807) is 43.3 Å². The van der Waals surface area contributed by atoms with Crippen molar-refractivity contribution in [3.8, 4) is 11.3 Å². The van der Waals surface area contributed by atoms with Gasteiger partial charge in [0.1, 0.15) is 11.5 Å². The molecular formula is C16H15N3O5. The molecule has 0 aliphatic heterocycles. The van der Waals surface area contributed by atoms with E-state index in [1.165, 1.54) is 6.21 Å². The van der Waals surface area contributed by atoms with Crippen LogP contribution in [0.15, 0.2) is 45.9 Å². The monoisotopic (exact) mass is 329 g/mol. The fraction of sp³-hybridized carbons (Fsp3) is 0.125. The van der Waals surface area contributed by atoms with E-state index in [-0.39, 0.29) is 5.97 Å². The Morgan fingerprint density at radius 2 is 1.92 bits per heavy atom. The Morgan fingerprint density at radius 3 is 2.54 bits per heavy atom. The van der Waals surface area contributed by atoms with E-state index in [2.05, 4.69) is 5.10 Å². The third-order valence-corrected chi connectivity index (χ3v) is 2.89. The van der Waals surface area contributed by atoms with Crippen LogP contribution in [0.3, 0.4) is 0 Å². The molecule has 0 saturated heterocycles. The van der Waals surface area contributed by atoms with Gasteiger partial charge >= 0.3 is 17.8 Å². The van der Waals surface area contributed by atoms with E-state index in [0.717, 1.165) is 5.56 Å². The smallest absolute Gasteiger partial charge is 0.338 e. The summed E-state index contributed by atoms with van der Waals surface area (Å²) in [4.78, 5) is 33.0. The van der Waals surface area contributed by atoms with E-state index in [1.807, 2.05) is 5.43 Å². The molecule has 0 fully saturated rings. The number of rotatable bonds is 5. The predicted octanol–water partition coefficient (Wildman–Crippen LogP) is 1.06. The Bertz CT molecular complexity index is 777. The van der Waals surface area contributed by atoms with Gasteiger partial charge < -0.3 is 14.9 Å². The van der Waals surface area contributed by atoms with Crippen molar-refractivity contribution in [3.05, 3.63) is 47.7 Å². The third-order valence-electron chi connectivity index (χ3n) is 2.89. The molecule has 24 heavy (non-hydrogen) atoms. The van der Waals surface area contributed by atoms with Crippen molar-refractivity contribution in [2.75, 3.05) is 6.61 Å². The first-order chi connectivity index (χ1) is 11.5. The average Bonchev–Trinajstić information content (AvgIpc) is 3.04. The largest absolute Gasteiger partial charge is 0.462 e. The molecule has 1 heterocycles. The molecule has 0 unspecified atom stereocenters. The van der Waals surface area contributed by atoms with Gasteiger partial charge in [0, 0.05) is 5.56 Å². The molecule has 0 radical (unpaired) electrons. The molecule has 1 aromatic heterocycles. The summed E-state index contributed by atoms with van der Waals surface area (Å²) in [5.74, 6) is -1.62. The van der Waals surface area contributed by atoms with Crippen LogP contribution in [0.5, 0.6) is 0 Å². The van der Waals surface area contributed by atoms with Gasteiger partial charge in [-0.05, 0) is 31.2 Å². The molecule has 0 atom stereocenters. The first-order valence-corrected chi connectivity index (χ1v) is 7.01. The van der Waals surface area contributed by atoms with Gasteiger partial charge in [-0.25, -0.2) is 10.2 Å². The topological polar surface area (TPSA) is 124 Å². The van der Waals surface area contributed by atoms with Crippen LogP contribution in [0.2, 0.25) is 0 Å². The molecule has 2 amide bonds. The lowest BCUT2D eigenvalue weighted by atomic mass is 10.1. The van der Waals surface area contributed by atoms with Crippen molar-refractivity contribution in [2.45, 2.75) is 6.92 Å². The third kappa shape index (κ3) is 4.29. The van der Waals surface area contributed by atoms with Crippen LogP contribution in [0.25, 0.3) is 11.3 Å². The molecule has 0 bridgehead atoms. The number of primary amides is 1. The molecule has 8 nitrogen and oxygen atoms in total. The summed E-state index contributed by atoms with van der Waals surface area (Å²) in [5, 5.41) is 3.55. The average molecular weight is 329 g/mol. The van der Waals surface area contributed by atoms with E-state index in [4.69, 9.17) is 14.9 Å². The maximum absolute atomic E-state index is 11.6. The van der Waals surface area contributed by atoms with Crippen molar-refractivity contribution in [3.63, 3.8) is 0 Å². The number of hydrazone groups is 1. The molecule has 0 aliphatic carbocycles. The minimum Gasteiger partial charge on any atom is -0.462 e. The Kier molecular flexibility index (Phi) is 5.45. The van der Waals surface area contributed by atoms with Gasteiger partial charge in [-0.1, -0.05) is 12.1 Å². The highest BCUT2D eigenvalue weighted by atomic mass is 16.5. The number of nitrogens with two attached hydrogens (primary N) is 1. The summed E-state index contributed by atoms with van der Waals surface area (Å²) in [6.07, 6.45) is 1.23. The number of furan rings is 1. The van der Waals surface area contributed by atoms with E-state index < -0.39 is 11.8 Å². The second-order valence-corrected chi connectivity index (χ2v) is 4.56. The molecule has 1 aromatic carbocycles. The fourth-order valence-electron chi connectivity index (χ4n) is 1.77. The summed E-state index contributed by atoms with van der Waals surface area (Å²) in [6, 6.07) is 10.1. The Morgan fingerprint density at radius 1 is 1.21 bits per heavy atom. The number of benzene rings is 1. The maximum Gasteiger partial charge on any atom is 0.338 e. The molecule has 2 rings (SSSR count). The molecule has 0 saturated carbocycles. The number of amides is 2. The second-order valence-electron chi connectivity index (χ2n) is 4.56. The Labute approximate surface area is 137 Å². The van der Waals surface area contributed by atoms with Gasteiger partial charge in [-0.3, -0.25) is 9.59 Å². The van der Waals surface area contributed by atoms with Crippen LogP contribution in [-0.4, -0.2) is 30.6 Å². The Balaban J connectivity index is 2.05. The molecule has 124 valence electrons. The maximum atomic E-state index is 11.6. The summed E-state index contributed by atoms with van der Waals surface area (Å²) in [6.45, 7) is 2.05. The zero-order valence-electron chi connectivity index (χ0n) is 12.8. The summed E-state index contributed by atoms with van der Waals surface area (Å²) in [7, 11) is 0. The highest BCUT2D eigenvalue weighted by Gasteiger charge is 2.09. The summed E-state index contributed by atoms with van der Waals surface area (Å²) >= 11 is 0. The van der Waals surface area contributed by atoms with Gasteiger partial charge in [-0.15, -0.1) is 0 Å². The second kappa shape index (κ2) is 7.73. The van der Waals surface area contributed by atoms with Crippen LogP contribution in [0, 0.1) is 0 Å². The molecule has 0 aliphatic rings. The normalized spacial score (nSPS) is 10.5. The van der Waals surface area contributed by atoms with Crippen LogP contribution >= 0.6 is 0 Å². The van der Waals surface area contributed by atoms with Gasteiger partial charge in [0.15, 0.2) is 0 Å². The number of carbonyl (C=O) groups excluding carboxylic acids is 3. The first-order valence-electron chi connectivity index (χ1n) is 7.01. The molecule has 0 spiro atoms. The molecule has 8 heteroatoms. The summed E-state index contributed by atoms with van der Waals surface area (Å²) < 4.78 is 10.4. The van der Waals surface area contributed by atoms with Crippen molar-refractivity contribution < 1.29 is 23.5 Å². The lowest BCUT2D eigenvalue weighted by molar-refractivity contribution is -0.137. The number of carbonyl (C=O) groups is 3. The minimum absolute atomic E-state index is 0.313. The quantitative estimate of drug-likeness (QED) is 0.367. The van der Waals surface area contributed by atoms with E-state index >= 15 is 0 Å². The number of hydrogen-bond donors (Lipinski definition) is 2. The van der Waals surface area contributed by atoms with Gasteiger partial charge in [0.2, 0.25) is 0 Å². The number of hydrogen-bond acceptors (Lipinski definition) is 6. The van der Waals surface area contributed by atoms with Crippen molar-refractivity contribution in [1.29, 1.82) is 0 Å². The zero-order valence-corrected chi connectivity index (χ0v) is 12.8. The van der Waals surface area contributed by atoms with Crippen LogP contribution < -0.4 is 11.2 Å². The number of esters is 1. The van der Waals surface area contributed by atoms with Crippen LogP contribution in [0.1, 0.15) is 23.0 Å². The zero-order chi connectivity index (χ0) is 17.5. The minimum atomic E-state index is -1.13. The van der Waals surface area contributed by atoms with Gasteiger partial charge in [0.25, 0.3) is 0 Å². The van der Waals surface area contributed by atoms with Crippen LogP contribution in [-0.2, 0) is 14.3 Å². The lowest BCUT2D eigenvalue weighted by Gasteiger charge is -2.02. The highest BCUT2D eigenvalue weighted by Crippen LogP contribution is 2.22.